The van der Waals surface area contributed by atoms with Gasteiger partial charge in [-0.1, -0.05) is 31.5 Å². The summed E-state index contributed by atoms with van der Waals surface area (Å²) in [6.07, 6.45) is -2.29. The molecule has 0 bridgehead atoms. The van der Waals surface area contributed by atoms with Gasteiger partial charge in [-0.15, -0.1) is 0 Å². The number of aliphatic carboxylic acids is 1. The fraction of sp³-hybridized carbons (Fsp3) is 0.432. The first-order chi connectivity index (χ1) is 24.8. The zero-order chi connectivity index (χ0) is 39.0. The van der Waals surface area contributed by atoms with Crippen LogP contribution in [0.2, 0.25) is 5.02 Å². The molecule has 2 aliphatic rings. The molecule has 0 saturated carbocycles. The summed E-state index contributed by atoms with van der Waals surface area (Å²) in [4.78, 5) is 22.1. The first-order valence-corrected chi connectivity index (χ1v) is 17.2. The molecule has 0 unspecified atom stereocenters. The van der Waals surface area contributed by atoms with Crippen LogP contribution >= 0.6 is 11.6 Å². The highest BCUT2D eigenvalue weighted by Gasteiger charge is 2.39. The number of carboxylic acids is 1. The van der Waals surface area contributed by atoms with Gasteiger partial charge < -0.3 is 29.9 Å². The number of carboxylic acid groups (broad SMARTS) is 1. The van der Waals surface area contributed by atoms with Crippen molar-refractivity contribution in [1.29, 1.82) is 0 Å². The van der Waals surface area contributed by atoms with E-state index < -0.39 is 34.8 Å². The van der Waals surface area contributed by atoms with Gasteiger partial charge in [0.2, 0.25) is 0 Å². The molecule has 2 saturated heterocycles. The Kier molecular flexibility index (Phi) is 11.4. The highest BCUT2D eigenvalue weighted by atomic mass is 35.5. The van der Waals surface area contributed by atoms with Crippen LogP contribution in [0, 0.1) is 17.0 Å². The second-order valence-corrected chi connectivity index (χ2v) is 14.4. The van der Waals surface area contributed by atoms with Gasteiger partial charge in [0, 0.05) is 42.5 Å². The molecule has 6 rings (SSSR count). The van der Waals surface area contributed by atoms with Gasteiger partial charge in [0.15, 0.2) is 5.82 Å². The van der Waals surface area contributed by atoms with Crippen LogP contribution in [0.1, 0.15) is 45.6 Å². The molecule has 286 valence electrons. The Morgan fingerprint density at radius 1 is 1.11 bits per heavy atom. The van der Waals surface area contributed by atoms with Gasteiger partial charge in [-0.3, -0.25) is 0 Å². The number of phenolic OH excluding ortho intramolecular Hbond substituents is 1. The summed E-state index contributed by atoms with van der Waals surface area (Å²) in [5.74, 6) is -3.77. The van der Waals surface area contributed by atoms with Crippen molar-refractivity contribution >= 4 is 45.1 Å². The number of alkyl halides is 3. The summed E-state index contributed by atoms with van der Waals surface area (Å²) in [5.41, 5.74) is -0.569. The Morgan fingerprint density at radius 3 is 2.43 bits per heavy atom. The fourth-order valence-electron chi connectivity index (χ4n) is 7.09. The van der Waals surface area contributed by atoms with E-state index in [1.165, 1.54) is 24.3 Å². The number of anilines is 1. The molecule has 2 atom stereocenters. The molecule has 2 fully saturated rings. The number of aryl methyl sites for hydroxylation is 1. The van der Waals surface area contributed by atoms with E-state index in [0.29, 0.717) is 78.2 Å². The number of rotatable bonds is 6. The van der Waals surface area contributed by atoms with Crippen LogP contribution in [-0.4, -0.2) is 87.8 Å². The van der Waals surface area contributed by atoms with Gasteiger partial charge in [-0.05, 0) is 91.4 Å². The van der Waals surface area contributed by atoms with Crippen molar-refractivity contribution in [2.24, 2.45) is 5.41 Å². The lowest BCUT2D eigenvalue weighted by molar-refractivity contribution is -0.192. The van der Waals surface area contributed by atoms with E-state index in [1.54, 1.807) is 19.9 Å². The molecule has 0 aliphatic carbocycles. The number of benzene rings is 3. The quantitative estimate of drug-likeness (QED) is 0.167. The molecule has 2 aliphatic heterocycles. The maximum absolute atomic E-state index is 17.0. The molecule has 3 aromatic carbocycles. The van der Waals surface area contributed by atoms with E-state index in [9.17, 15) is 27.8 Å². The van der Waals surface area contributed by atoms with Crippen molar-refractivity contribution in [2.75, 3.05) is 44.7 Å². The lowest BCUT2D eigenvalue weighted by Crippen LogP contribution is -2.46. The number of nitrogens with zero attached hydrogens (tertiary/aromatic N) is 4. The standard InChI is InChI=1S/C35H38ClF3N4O3.C2HF3O2/c1-5-23-27(38)8-7-20-13-22(44)14-24(28(20)23)29-26(36)15-25-31(30(29)39)40-33(41-32(25)43-11-6-10-35(3,45)18-43)46-19-34(2)17-42(4)12-9-21(34)16-37;3-2(4,5)1(6)7/h7-8,13-16,44-45H,5-6,9-12,17-19H2,1-4H3;(H,6,7)/b21-16+;/t34-,35+;/m0./s1. The second kappa shape index (κ2) is 15.2. The van der Waals surface area contributed by atoms with Crippen LogP contribution in [-0.2, 0) is 11.2 Å². The van der Waals surface area contributed by atoms with E-state index in [-0.39, 0.29) is 46.6 Å². The molecular formula is C37H39ClF6N4O5. The number of piperidine rings is 2. The van der Waals surface area contributed by atoms with Gasteiger partial charge in [-0.2, -0.15) is 23.1 Å². The molecule has 0 radical (unpaired) electrons. The van der Waals surface area contributed by atoms with Gasteiger partial charge in [0.25, 0.3) is 0 Å². The molecule has 3 heterocycles. The third kappa shape index (κ3) is 8.42. The molecule has 0 spiro atoms. The largest absolute Gasteiger partial charge is 0.508 e. The monoisotopic (exact) mass is 768 g/mol. The minimum atomic E-state index is -5.08. The maximum atomic E-state index is 17.0. The number of ether oxygens (including phenoxy) is 1. The maximum Gasteiger partial charge on any atom is 0.490 e. The van der Waals surface area contributed by atoms with Gasteiger partial charge >= 0.3 is 18.2 Å². The number of carbonyl (C=O) groups is 1. The van der Waals surface area contributed by atoms with Crippen molar-refractivity contribution < 1.29 is 51.2 Å². The predicted molar refractivity (Wildman–Crippen MR) is 189 cm³/mol. The van der Waals surface area contributed by atoms with E-state index in [2.05, 4.69) is 9.88 Å². The number of aromatic hydroxyl groups is 1. The lowest BCUT2D eigenvalue weighted by Gasteiger charge is -2.40. The van der Waals surface area contributed by atoms with Crippen LogP contribution in [0.25, 0.3) is 32.8 Å². The molecular weight excluding hydrogens is 730 g/mol. The number of hydrogen-bond donors (Lipinski definition) is 3. The molecule has 3 N–H and O–H groups in total. The summed E-state index contributed by atoms with van der Waals surface area (Å²) in [7, 11) is 1.96. The van der Waals surface area contributed by atoms with Crippen molar-refractivity contribution in [1.82, 2.24) is 14.9 Å². The summed E-state index contributed by atoms with van der Waals surface area (Å²) in [6.45, 7) is 7.57. The minimum Gasteiger partial charge on any atom is -0.508 e. The Balaban J connectivity index is 0.000000705. The van der Waals surface area contributed by atoms with E-state index in [4.69, 9.17) is 31.2 Å². The SMILES string of the molecule is CCc1c(F)ccc2cc(O)cc(-c3c(Cl)cc4c(N5CCC[C@@](C)(O)C5)nc(OC[C@]5(C)CN(C)CC/C5=C\F)nc4c3F)c12.O=C(O)C(F)(F)F. The number of β-amino-alcohol motifs (C(OH)–C–C–N with tert-alkyl or cyclic N) is 1. The number of hydrogen-bond acceptors (Lipinski definition) is 8. The summed E-state index contributed by atoms with van der Waals surface area (Å²) < 4.78 is 83.8. The average Bonchev–Trinajstić information content (AvgIpc) is 3.07. The normalized spacial score (nSPS) is 21.9. The molecule has 0 amide bonds. The Hall–Kier alpha value is -4.34. The van der Waals surface area contributed by atoms with Gasteiger partial charge in [0.1, 0.15) is 29.5 Å². The van der Waals surface area contributed by atoms with Crippen LogP contribution in [0.5, 0.6) is 11.8 Å². The number of phenols is 1. The van der Waals surface area contributed by atoms with Crippen molar-refractivity contribution in [3.63, 3.8) is 0 Å². The van der Waals surface area contributed by atoms with E-state index in [1.807, 2.05) is 18.9 Å². The number of likely N-dealkylation sites (tertiary alicyclic amines) is 1. The van der Waals surface area contributed by atoms with Crippen molar-refractivity contribution in [2.45, 2.75) is 58.2 Å². The number of aromatic nitrogens is 2. The third-order valence-electron chi connectivity index (χ3n) is 9.64. The zero-order valence-corrected chi connectivity index (χ0v) is 30.2. The minimum absolute atomic E-state index is 0.0287. The first-order valence-electron chi connectivity index (χ1n) is 16.8. The molecule has 16 heteroatoms. The highest BCUT2D eigenvalue weighted by Crippen LogP contribution is 2.44. The summed E-state index contributed by atoms with van der Waals surface area (Å²) >= 11 is 6.85. The third-order valence-corrected chi connectivity index (χ3v) is 9.94. The Morgan fingerprint density at radius 2 is 1.81 bits per heavy atom. The van der Waals surface area contributed by atoms with Crippen LogP contribution in [0.3, 0.4) is 0 Å². The van der Waals surface area contributed by atoms with Gasteiger partial charge in [-0.25, -0.2) is 18.0 Å². The smallest absolute Gasteiger partial charge is 0.490 e. The molecule has 9 nitrogen and oxygen atoms in total. The Labute approximate surface area is 306 Å². The van der Waals surface area contributed by atoms with Crippen molar-refractivity contribution in [3.8, 4) is 22.9 Å². The van der Waals surface area contributed by atoms with Crippen LogP contribution < -0.4 is 9.64 Å². The molecule has 4 aromatic rings. The topological polar surface area (TPSA) is 119 Å². The van der Waals surface area contributed by atoms with E-state index >= 15 is 8.78 Å². The zero-order valence-electron chi connectivity index (χ0n) is 29.4. The number of aliphatic hydroxyl groups is 1. The lowest BCUT2D eigenvalue weighted by atomic mass is 9.78. The predicted octanol–water partition coefficient (Wildman–Crippen LogP) is 8.21. The van der Waals surface area contributed by atoms with Crippen LogP contribution in [0.15, 0.2) is 42.2 Å². The molecule has 53 heavy (non-hydrogen) atoms. The summed E-state index contributed by atoms with van der Waals surface area (Å²) in [6, 6.07) is 7.21. The second-order valence-electron chi connectivity index (χ2n) is 14.0. The van der Waals surface area contributed by atoms with E-state index in [0.717, 1.165) is 6.54 Å². The van der Waals surface area contributed by atoms with Crippen LogP contribution in [0.4, 0.5) is 32.2 Å². The Bertz CT molecular complexity index is 2080. The summed E-state index contributed by atoms with van der Waals surface area (Å²) in [5, 5.41) is 30.0. The average molecular weight is 769 g/mol. The number of halogens is 7. The molecule has 1 aromatic heterocycles. The fourth-order valence-corrected chi connectivity index (χ4v) is 7.39. The first kappa shape index (κ1) is 39.9. The van der Waals surface area contributed by atoms with Gasteiger partial charge in [0.05, 0.1) is 17.0 Å². The van der Waals surface area contributed by atoms with Crippen molar-refractivity contribution in [3.05, 3.63) is 64.5 Å². The highest BCUT2D eigenvalue weighted by molar-refractivity contribution is 6.35. The number of fused-ring (bicyclic) bond motifs is 2.